The van der Waals surface area contributed by atoms with Crippen LogP contribution in [0.5, 0.6) is 0 Å². The average molecular weight is 352 g/mol. The second-order valence-corrected chi connectivity index (χ2v) is 6.94. The minimum atomic E-state index is -0.0802. The SMILES string of the molecule is CNC(=O)C1CCC(CNC(=O)N(C)Cc2cccc(Cl)c2)CC1. The molecule has 1 saturated carbocycles. The van der Waals surface area contributed by atoms with Crippen molar-refractivity contribution in [3.05, 3.63) is 34.9 Å². The topological polar surface area (TPSA) is 61.4 Å². The van der Waals surface area contributed by atoms with Gasteiger partial charge in [-0.05, 0) is 49.3 Å². The number of benzene rings is 1. The minimum absolute atomic E-state index is 0.0802. The smallest absolute Gasteiger partial charge is 0.317 e. The van der Waals surface area contributed by atoms with E-state index in [4.69, 9.17) is 11.6 Å². The fourth-order valence-corrected chi connectivity index (χ4v) is 3.39. The lowest BCUT2D eigenvalue weighted by molar-refractivity contribution is -0.125. The maximum Gasteiger partial charge on any atom is 0.317 e. The van der Waals surface area contributed by atoms with Gasteiger partial charge in [-0.1, -0.05) is 23.7 Å². The van der Waals surface area contributed by atoms with Crippen molar-refractivity contribution < 1.29 is 9.59 Å². The lowest BCUT2D eigenvalue weighted by Crippen LogP contribution is -2.40. The summed E-state index contributed by atoms with van der Waals surface area (Å²) in [6.45, 7) is 1.19. The van der Waals surface area contributed by atoms with Crippen LogP contribution in [0.2, 0.25) is 5.02 Å². The Labute approximate surface area is 148 Å². The van der Waals surface area contributed by atoms with Crippen molar-refractivity contribution in [3.63, 3.8) is 0 Å². The number of nitrogens with one attached hydrogen (secondary N) is 2. The van der Waals surface area contributed by atoms with Crippen molar-refractivity contribution in [2.75, 3.05) is 20.6 Å². The van der Waals surface area contributed by atoms with Gasteiger partial charge in [-0.3, -0.25) is 4.79 Å². The zero-order valence-electron chi connectivity index (χ0n) is 14.3. The standard InChI is InChI=1S/C18H26ClN3O2/c1-20-17(23)15-8-6-13(7-9-15)11-21-18(24)22(2)12-14-4-3-5-16(19)10-14/h3-5,10,13,15H,6-9,11-12H2,1-2H3,(H,20,23)(H,21,24). The van der Waals surface area contributed by atoms with Gasteiger partial charge in [0.2, 0.25) is 5.91 Å². The lowest BCUT2D eigenvalue weighted by atomic mass is 9.81. The Morgan fingerprint density at radius 1 is 1.25 bits per heavy atom. The van der Waals surface area contributed by atoms with Gasteiger partial charge in [0, 0.05) is 38.1 Å². The van der Waals surface area contributed by atoms with Crippen LogP contribution in [0.3, 0.4) is 0 Å². The number of nitrogens with zero attached hydrogens (tertiary/aromatic N) is 1. The fourth-order valence-electron chi connectivity index (χ4n) is 3.18. The molecule has 0 radical (unpaired) electrons. The van der Waals surface area contributed by atoms with Gasteiger partial charge in [0.15, 0.2) is 0 Å². The molecule has 0 aromatic heterocycles. The van der Waals surface area contributed by atoms with Crippen molar-refractivity contribution in [2.45, 2.75) is 32.2 Å². The molecule has 0 bridgehead atoms. The summed E-state index contributed by atoms with van der Waals surface area (Å²) >= 11 is 5.97. The van der Waals surface area contributed by atoms with Crippen molar-refractivity contribution in [2.24, 2.45) is 11.8 Å². The summed E-state index contributed by atoms with van der Waals surface area (Å²) in [6, 6.07) is 7.44. The normalized spacial score (nSPS) is 20.3. The molecule has 6 heteroatoms. The third-order valence-corrected chi connectivity index (χ3v) is 4.90. The molecule has 1 aromatic rings. The number of amides is 3. The Bertz CT molecular complexity index is 571. The van der Waals surface area contributed by atoms with E-state index in [0.717, 1.165) is 31.2 Å². The molecule has 1 aromatic carbocycles. The number of hydrogen-bond donors (Lipinski definition) is 2. The Hall–Kier alpha value is -1.75. The zero-order chi connectivity index (χ0) is 17.5. The zero-order valence-corrected chi connectivity index (χ0v) is 15.1. The molecule has 1 aliphatic carbocycles. The first-order valence-electron chi connectivity index (χ1n) is 8.44. The van der Waals surface area contributed by atoms with Crippen LogP contribution < -0.4 is 10.6 Å². The average Bonchev–Trinajstić information content (AvgIpc) is 2.59. The van der Waals surface area contributed by atoms with E-state index in [1.165, 1.54) is 0 Å². The number of halogens is 1. The molecular weight excluding hydrogens is 326 g/mol. The van der Waals surface area contributed by atoms with E-state index in [-0.39, 0.29) is 17.9 Å². The van der Waals surface area contributed by atoms with E-state index in [1.54, 1.807) is 19.0 Å². The summed E-state index contributed by atoms with van der Waals surface area (Å²) in [5, 5.41) is 6.39. The van der Waals surface area contributed by atoms with Crippen LogP contribution in [0.4, 0.5) is 4.79 Å². The monoisotopic (exact) mass is 351 g/mol. The largest absolute Gasteiger partial charge is 0.359 e. The van der Waals surface area contributed by atoms with E-state index >= 15 is 0 Å². The third-order valence-electron chi connectivity index (χ3n) is 4.66. The Kier molecular flexibility index (Phi) is 6.91. The highest BCUT2D eigenvalue weighted by Crippen LogP contribution is 2.28. The van der Waals surface area contributed by atoms with Crippen LogP contribution in [0.25, 0.3) is 0 Å². The first kappa shape index (κ1) is 18.6. The number of urea groups is 1. The maximum absolute atomic E-state index is 12.2. The Balaban J connectivity index is 1.72. The molecule has 24 heavy (non-hydrogen) atoms. The fraction of sp³-hybridized carbons (Fsp3) is 0.556. The molecule has 0 heterocycles. The number of rotatable bonds is 5. The van der Waals surface area contributed by atoms with Crippen LogP contribution in [0.1, 0.15) is 31.2 Å². The molecule has 0 spiro atoms. The van der Waals surface area contributed by atoms with Gasteiger partial charge in [0.1, 0.15) is 0 Å². The van der Waals surface area contributed by atoms with Crippen LogP contribution in [0, 0.1) is 11.8 Å². The lowest BCUT2D eigenvalue weighted by Gasteiger charge is -2.28. The highest BCUT2D eigenvalue weighted by molar-refractivity contribution is 6.30. The Morgan fingerprint density at radius 3 is 2.58 bits per heavy atom. The summed E-state index contributed by atoms with van der Waals surface area (Å²) in [5.74, 6) is 0.723. The third kappa shape index (κ3) is 5.41. The van der Waals surface area contributed by atoms with Gasteiger partial charge in [-0.25, -0.2) is 4.79 Å². The van der Waals surface area contributed by atoms with Crippen molar-refractivity contribution >= 4 is 23.5 Å². The summed E-state index contributed by atoms with van der Waals surface area (Å²) in [7, 11) is 3.46. The summed E-state index contributed by atoms with van der Waals surface area (Å²) in [4.78, 5) is 25.5. The minimum Gasteiger partial charge on any atom is -0.359 e. The van der Waals surface area contributed by atoms with Gasteiger partial charge in [0.05, 0.1) is 0 Å². The first-order chi connectivity index (χ1) is 11.5. The number of carbonyl (C=O) groups is 2. The molecule has 0 atom stereocenters. The number of hydrogen-bond acceptors (Lipinski definition) is 2. The Morgan fingerprint density at radius 2 is 1.96 bits per heavy atom. The predicted molar refractivity (Wildman–Crippen MR) is 95.8 cm³/mol. The van der Waals surface area contributed by atoms with Gasteiger partial charge >= 0.3 is 6.03 Å². The molecule has 2 N–H and O–H groups in total. The molecule has 132 valence electrons. The van der Waals surface area contributed by atoms with E-state index in [2.05, 4.69) is 10.6 Å². The molecule has 1 fully saturated rings. The molecule has 2 rings (SSSR count). The number of carbonyl (C=O) groups excluding carboxylic acids is 2. The molecule has 0 unspecified atom stereocenters. The van der Waals surface area contributed by atoms with E-state index in [9.17, 15) is 9.59 Å². The van der Waals surface area contributed by atoms with Crippen molar-refractivity contribution in [1.82, 2.24) is 15.5 Å². The van der Waals surface area contributed by atoms with Crippen LogP contribution in [-0.4, -0.2) is 37.5 Å². The highest BCUT2D eigenvalue weighted by atomic mass is 35.5. The summed E-state index contributed by atoms with van der Waals surface area (Å²) < 4.78 is 0. The molecule has 1 aliphatic rings. The van der Waals surface area contributed by atoms with Gasteiger partial charge in [-0.15, -0.1) is 0 Å². The first-order valence-corrected chi connectivity index (χ1v) is 8.82. The van der Waals surface area contributed by atoms with Gasteiger partial charge < -0.3 is 15.5 Å². The maximum atomic E-state index is 12.2. The van der Waals surface area contributed by atoms with Gasteiger partial charge in [0.25, 0.3) is 0 Å². The second-order valence-electron chi connectivity index (χ2n) is 6.50. The van der Waals surface area contributed by atoms with Crippen molar-refractivity contribution in [1.29, 1.82) is 0 Å². The molecule has 3 amide bonds. The van der Waals surface area contributed by atoms with E-state index in [0.29, 0.717) is 24.0 Å². The van der Waals surface area contributed by atoms with Crippen LogP contribution in [-0.2, 0) is 11.3 Å². The molecule has 0 saturated heterocycles. The van der Waals surface area contributed by atoms with Crippen LogP contribution >= 0.6 is 11.6 Å². The molecular formula is C18H26ClN3O2. The van der Waals surface area contributed by atoms with E-state index in [1.807, 2.05) is 24.3 Å². The quantitative estimate of drug-likeness (QED) is 0.856. The predicted octanol–water partition coefficient (Wildman–Crippen LogP) is 3.03. The van der Waals surface area contributed by atoms with E-state index < -0.39 is 0 Å². The van der Waals surface area contributed by atoms with Crippen molar-refractivity contribution in [3.8, 4) is 0 Å². The highest BCUT2D eigenvalue weighted by Gasteiger charge is 2.25. The second kappa shape index (κ2) is 8.92. The molecule has 0 aliphatic heterocycles. The summed E-state index contributed by atoms with van der Waals surface area (Å²) in [5.41, 5.74) is 1.01. The van der Waals surface area contributed by atoms with Gasteiger partial charge in [-0.2, -0.15) is 0 Å². The van der Waals surface area contributed by atoms with Crippen LogP contribution in [0.15, 0.2) is 24.3 Å². The summed E-state index contributed by atoms with van der Waals surface area (Å²) in [6.07, 6.45) is 3.77. The molecule has 5 nitrogen and oxygen atoms in total.